The van der Waals surface area contributed by atoms with Crippen LogP contribution in [0.5, 0.6) is 0 Å². The number of nitrogens with one attached hydrogen (secondary N) is 1. The Bertz CT molecular complexity index is 836. The number of halogens is 1. The fourth-order valence-corrected chi connectivity index (χ4v) is 4.63. The summed E-state index contributed by atoms with van der Waals surface area (Å²) in [5.41, 5.74) is 3.41. The minimum absolute atomic E-state index is 0.150. The number of hydrogen-bond donors (Lipinski definition) is 2. The van der Waals surface area contributed by atoms with Gasteiger partial charge in [0.15, 0.2) is 12.6 Å². The van der Waals surface area contributed by atoms with E-state index in [4.69, 9.17) is 4.74 Å². The fourth-order valence-electron chi connectivity index (χ4n) is 4.63. The van der Waals surface area contributed by atoms with Crippen molar-refractivity contribution in [3.05, 3.63) is 65.5 Å². The Balaban J connectivity index is 1.41. The van der Waals surface area contributed by atoms with E-state index >= 15 is 0 Å². The molecule has 1 fully saturated rings. The molecule has 2 aromatic carbocycles. The first-order valence-corrected chi connectivity index (χ1v) is 10.5. The number of benzene rings is 2. The highest BCUT2D eigenvalue weighted by atomic mass is 19.1. The maximum Gasteiger partial charge on any atom is 0.282 e. The van der Waals surface area contributed by atoms with Crippen molar-refractivity contribution in [1.29, 1.82) is 0 Å². The van der Waals surface area contributed by atoms with E-state index in [2.05, 4.69) is 18.3 Å². The summed E-state index contributed by atoms with van der Waals surface area (Å²) in [5, 5.41) is 2.10. The highest BCUT2D eigenvalue weighted by Crippen LogP contribution is 2.31. The number of amides is 1. The number of rotatable bonds is 6. The molecule has 0 spiro atoms. The lowest BCUT2D eigenvalue weighted by atomic mass is 10.0. The monoisotopic (exact) mass is 399 g/mol. The molecule has 2 aromatic rings. The molecule has 1 saturated heterocycles. The van der Waals surface area contributed by atoms with Crippen LogP contribution in [-0.2, 0) is 16.0 Å². The Morgan fingerprint density at radius 2 is 1.93 bits per heavy atom. The number of nitrogens with two attached hydrogens (primary N) is 1. The number of hydrogen-bond acceptors (Lipinski definition) is 2. The van der Waals surface area contributed by atoms with Crippen LogP contribution < -0.4 is 15.1 Å². The number of quaternary nitrogens is 2. The second-order valence-corrected chi connectivity index (χ2v) is 8.05. The molecule has 6 heteroatoms. The van der Waals surface area contributed by atoms with Crippen LogP contribution in [0.1, 0.15) is 24.1 Å². The van der Waals surface area contributed by atoms with Gasteiger partial charge < -0.3 is 19.9 Å². The van der Waals surface area contributed by atoms with Gasteiger partial charge in [0.2, 0.25) is 0 Å². The second-order valence-electron chi connectivity index (χ2n) is 8.05. The standard InChI is InChI=1S/C23H28FN3O2/c1-17-14-19-4-2-3-5-21(19)27(17)23(28)16-25-15-22(26-10-12-29-13-11-26)18-6-8-20(24)9-7-18/h2-9,17,22,25H,10-16H2,1H3/p+2/t17-,22-/m1/s1. The number of ether oxygens (including phenoxy) is 1. The highest BCUT2D eigenvalue weighted by molar-refractivity contribution is 5.96. The Hall–Kier alpha value is -2.28. The van der Waals surface area contributed by atoms with E-state index in [1.807, 2.05) is 35.2 Å². The van der Waals surface area contributed by atoms with E-state index < -0.39 is 0 Å². The van der Waals surface area contributed by atoms with Crippen molar-refractivity contribution in [2.75, 3.05) is 44.3 Å². The summed E-state index contributed by atoms with van der Waals surface area (Å²) in [6.45, 7) is 6.66. The zero-order valence-corrected chi connectivity index (χ0v) is 16.9. The van der Waals surface area contributed by atoms with Crippen molar-refractivity contribution in [2.24, 2.45) is 0 Å². The molecule has 0 aliphatic carbocycles. The average Bonchev–Trinajstić information content (AvgIpc) is 3.08. The first kappa shape index (κ1) is 20.0. The van der Waals surface area contributed by atoms with Gasteiger partial charge in [-0.1, -0.05) is 18.2 Å². The first-order chi connectivity index (χ1) is 14.1. The van der Waals surface area contributed by atoms with Crippen LogP contribution in [0.4, 0.5) is 10.1 Å². The van der Waals surface area contributed by atoms with E-state index in [1.165, 1.54) is 22.6 Å². The Morgan fingerprint density at radius 3 is 2.69 bits per heavy atom. The highest BCUT2D eigenvalue weighted by Gasteiger charge is 2.32. The van der Waals surface area contributed by atoms with Crippen molar-refractivity contribution in [1.82, 2.24) is 0 Å². The van der Waals surface area contributed by atoms with Gasteiger partial charge in [-0.3, -0.25) is 4.79 Å². The van der Waals surface area contributed by atoms with E-state index in [1.54, 1.807) is 0 Å². The lowest BCUT2D eigenvalue weighted by Crippen LogP contribution is -3.16. The van der Waals surface area contributed by atoms with Crippen molar-refractivity contribution < 1.29 is 24.1 Å². The molecule has 0 bridgehead atoms. The van der Waals surface area contributed by atoms with Crippen LogP contribution >= 0.6 is 0 Å². The molecule has 0 saturated carbocycles. The molecule has 4 rings (SSSR count). The lowest BCUT2D eigenvalue weighted by Gasteiger charge is -2.31. The predicted octanol–water partition coefficient (Wildman–Crippen LogP) is 0.323. The lowest BCUT2D eigenvalue weighted by molar-refractivity contribution is -0.951. The third-order valence-electron chi connectivity index (χ3n) is 6.10. The predicted molar refractivity (Wildman–Crippen MR) is 109 cm³/mol. The number of anilines is 1. The third-order valence-corrected chi connectivity index (χ3v) is 6.10. The summed E-state index contributed by atoms with van der Waals surface area (Å²) in [7, 11) is 0. The summed E-state index contributed by atoms with van der Waals surface area (Å²) in [6, 6.07) is 15.4. The van der Waals surface area contributed by atoms with E-state index in [-0.39, 0.29) is 23.8 Å². The molecule has 0 radical (unpaired) electrons. The largest absolute Gasteiger partial charge is 0.370 e. The number of carbonyl (C=O) groups is 1. The minimum atomic E-state index is -0.217. The van der Waals surface area contributed by atoms with Crippen LogP contribution in [0.3, 0.4) is 0 Å². The van der Waals surface area contributed by atoms with Gasteiger partial charge in [0.05, 0.1) is 13.2 Å². The van der Waals surface area contributed by atoms with Crippen LogP contribution in [0.25, 0.3) is 0 Å². The quantitative estimate of drug-likeness (QED) is 0.735. The van der Waals surface area contributed by atoms with Gasteiger partial charge in [0.1, 0.15) is 25.5 Å². The maximum atomic E-state index is 13.4. The zero-order valence-electron chi connectivity index (χ0n) is 16.9. The zero-order chi connectivity index (χ0) is 20.2. The molecule has 0 unspecified atom stereocenters. The van der Waals surface area contributed by atoms with Crippen molar-refractivity contribution >= 4 is 11.6 Å². The summed E-state index contributed by atoms with van der Waals surface area (Å²) in [6.07, 6.45) is 0.915. The summed E-state index contributed by atoms with van der Waals surface area (Å²) >= 11 is 0. The van der Waals surface area contributed by atoms with Gasteiger partial charge in [0.25, 0.3) is 5.91 Å². The van der Waals surface area contributed by atoms with Gasteiger partial charge in [-0.2, -0.15) is 0 Å². The van der Waals surface area contributed by atoms with Crippen molar-refractivity contribution in [3.8, 4) is 0 Å². The molecule has 3 N–H and O–H groups in total. The third kappa shape index (κ3) is 4.50. The Kier molecular flexibility index (Phi) is 6.23. The van der Waals surface area contributed by atoms with E-state index in [9.17, 15) is 9.18 Å². The van der Waals surface area contributed by atoms with Gasteiger partial charge >= 0.3 is 0 Å². The van der Waals surface area contributed by atoms with Gasteiger partial charge in [-0.15, -0.1) is 0 Å². The molecule has 1 amide bonds. The number of fused-ring (bicyclic) bond motifs is 1. The molecular weight excluding hydrogens is 369 g/mol. The van der Waals surface area contributed by atoms with Gasteiger partial charge in [-0.05, 0) is 49.2 Å². The second kappa shape index (κ2) is 9.03. The van der Waals surface area contributed by atoms with E-state index in [0.29, 0.717) is 6.54 Å². The summed E-state index contributed by atoms with van der Waals surface area (Å²) in [5.74, 6) is -0.0670. The molecule has 2 aliphatic rings. The molecule has 2 atom stereocenters. The number of carbonyl (C=O) groups excluding carboxylic acids is 1. The molecule has 5 nitrogen and oxygen atoms in total. The van der Waals surface area contributed by atoms with Crippen LogP contribution in [0, 0.1) is 5.82 Å². The van der Waals surface area contributed by atoms with Crippen molar-refractivity contribution in [3.63, 3.8) is 0 Å². The number of para-hydroxylation sites is 1. The smallest absolute Gasteiger partial charge is 0.282 e. The Morgan fingerprint density at radius 1 is 1.21 bits per heavy atom. The SMILES string of the molecule is C[C@@H]1Cc2ccccc2N1C(=O)C[NH2+]C[C@H](c1ccc(F)cc1)[NH+]1CCOCC1. The summed E-state index contributed by atoms with van der Waals surface area (Å²) < 4.78 is 18.9. The van der Waals surface area contributed by atoms with Crippen LogP contribution in [-0.4, -0.2) is 51.3 Å². The van der Waals surface area contributed by atoms with Gasteiger partial charge in [-0.25, -0.2) is 4.39 Å². The normalized spacial score (nSPS) is 20.5. The number of morpholine rings is 1. The molecule has 29 heavy (non-hydrogen) atoms. The van der Waals surface area contributed by atoms with Crippen LogP contribution in [0.15, 0.2) is 48.5 Å². The van der Waals surface area contributed by atoms with Gasteiger partial charge in [0, 0.05) is 17.3 Å². The average molecular weight is 400 g/mol. The molecule has 0 aromatic heterocycles. The molecule has 2 heterocycles. The first-order valence-electron chi connectivity index (χ1n) is 10.5. The number of nitrogens with zero attached hydrogens (tertiary/aromatic N) is 1. The Labute approximate surface area is 171 Å². The topological polar surface area (TPSA) is 50.6 Å². The van der Waals surface area contributed by atoms with Crippen molar-refractivity contribution in [2.45, 2.75) is 25.4 Å². The maximum absolute atomic E-state index is 13.4. The van der Waals surface area contributed by atoms with E-state index in [0.717, 1.165) is 50.5 Å². The minimum Gasteiger partial charge on any atom is -0.370 e. The molecule has 2 aliphatic heterocycles. The summed E-state index contributed by atoms with van der Waals surface area (Å²) in [4.78, 5) is 16.4. The molecular formula is C23H30FN3O2+2. The van der Waals surface area contributed by atoms with Crippen LogP contribution in [0.2, 0.25) is 0 Å². The molecule has 154 valence electrons. The fraction of sp³-hybridized carbons (Fsp3) is 0.435.